The van der Waals surface area contributed by atoms with Gasteiger partial charge in [-0.05, 0) is 30.5 Å². The van der Waals surface area contributed by atoms with Crippen molar-refractivity contribution in [3.63, 3.8) is 0 Å². The van der Waals surface area contributed by atoms with Crippen LogP contribution < -0.4 is 4.74 Å². The number of hydrogen-bond acceptors (Lipinski definition) is 3. The molecule has 0 amide bonds. The highest BCUT2D eigenvalue weighted by molar-refractivity contribution is 6.03. The number of phenols is 1. The Balaban J connectivity index is 2.60. The van der Waals surface area contributed by atoms with Gasteiger partial charge >= 0.3 is 5.97 Å². The van der Waals surface area contributed by atoms with Crippen LogP contribution in [0.15, 0.2) is 24.3 Å². The van der Waals surface area contributed by atoms with Gasteiger partial charge in [-0.25, -0.2) is 4.79 Å². The highest BCUT2D eigenvalue weighted by Crippen LogP contribution is 2.37. The molecule has 0 saturated carbocycles. The lowest BCUT2D eigenvalue weighted by Gasteiger charge is -2.13. The molecule has 2 rings (SSSR count). The van der Waals surface area contributed by atoms with Gasteiger partial charge in [0.2, 0.25) is 0 Å². The van der Waals surface area contributed by atoms with E-state index < -0.39 is 5.97 Å². The minimum absolute atomic E-state index is 0.127. The van der Waals surface area contributed by atoms with Gasteiger partial charge in [0.05, 0.1) is 6.61 Å². The summed E-state index contributed by atoms with van der Waals surface area (Å²) in [6.45, 7) is 4.65. The zero-order valence-corrected chi connectivity index (χ0v) is 12.3. The van der Waals surface area contributed by atoms with Crippen LogP contribution in [0.25, 0.3) is 10.8 Å². The molecule has 0 spiro atoms. The summed E-state index contributed by atoms with van der Waals surface area (Å²) in [6, 6.07) is 7.00. The Morgan fingerprint density at radius 1 is 1.19 bits per heavy atom. The molecule has 0 fully saturated rings. The number of aryl methyl sites for hydroxylation is 1. The van der Waals surface area contributed by atoms with Crippen LogP contribution in [0, 0.1) is 0 Å². The molecule has 0 unspecified atom stereocenters. The largest absolute Gasteiger partial charge is 0.506 e. The van der Waals surface area contributed by atoms with Crippen molar-refractivity contribution in [1.82, 2.24) is 0 Å². The first-order valence-corrected chi connectivity index (χ1v) is 7.23. The number of fused-ring (bicyclic) bond motifs is 1. The minimum atomic E-state index is -1.16. The number of aromatic carboxylic acids is 1. The molecule has 0 aliphatic heterocycles. The third-order valence-electron chi connectivity index (χ3n) is 3.53. The third-order valence-corrected chi connectivity index (χ3v) is 3.53. The molecule has 0 bridgehead atoms. The number of benzene rings is 2. The predicted molar refractivity (Wildman–Crippen MR) is 82.4 cm³/mol. The van der Waals surface area contributed by atoms with Crippen LogP contribution in [0.2, 0.25) is 0 Å². The molecule has 0 aliphatic rings. The van der Waals surface area contributed by atoms with Gasteiger partial charge in [0.1, 0.15) is 17.1 Å². The number of carbonyl (C=O) groups is 1. The van der Waals surface area contributed by atoms with E-state index in [4.69, 9.17) is 4.74 Å². The fraction of sp³-hybridized carbons (Fsp3) is 0.353. The Hall–Kier alpha value is -2.23. The smallest absolute Gasteiger partial charge is 0.339 e. The van der Waals surface area contributed by atoms with E-state index in [1.807, 2.05) is 19.1 Å². The quantitative estimate of drug-likeness (QED) is 0.789. The summed E-state index contributed by atoms with van der Waals surface area (Å²) in [5.41, 5.74) is 0.989. The molecule has 0 aliphatic carbocycles. The molecule has 2 aromatic carbocycles. The summed E-state index contributed by atoms with van der Waals surface area (Å²) in [6.07, 6.45) is 2.77. The molecule has 4 heteroatoms. The van der Waals surface area contributed by atoms with Crippen molar-refractivity contribution in [2.45, 2.75) is 33.1 Å². The second-order valence-corrected chi connectivity index (χ2v) is 5.01. The van der Waals surface area contributed by atoms with Crippen LogP contribution in [-0.2, 0) is 6.42 Å². The highest BCUT2D eigenvalue weighted by atomic mass is 16.5. The molecule has 0 saturated heterocycles. The minimum Gasteiger partial charge on any atom is -0.506 e. The van der Waals surface area contributed by atoms with Crippen molar-refractivity contribution < 1.29 is 19.7 Å². The first kappa shape index (κ1) is 15.2. The van der Waals surface area contributed by atoms with Crippen molar-refractivity contribution in [2.24, 2.45) is 0 Å². The first-order valence-electron chi connectivity index (χ1n) is 7.23. The average molecular weight is 288 g/mol. The lowest BCUT2D eigenvalue weighted by molar-refractivity contribution is 0.0693. The van der Waals surface area contributed by atoms with E-state index in [1.54, 1.807) is 6.07 Å². The number of rotatable bonds is 6. The molecule has 21 heavy (non-hydrogen) atoms. The van der Waals surface area contributed by atoms with Gasteiger partial charge in [0, 0.05) is 10.8 Å². The Labute approximate surface area is 124 Å². The summed E-state index contributed by atoms with van der Waals surface area (Å²) in [7, 11) is 0. The number of carboxylic acid groups (broad SMARTS) is 1. The van der Waals surface area contributed by atoms with Crippen LogP contribution >= 0.6 is 0 Å². The van der Waals surface area contributed by atoms with E-state index in [0.717, 1.165) is 30.2 Å². The normalized spacial score (nSPS) is 10.8. The number of aromatic hydroxyl groups is 1. The summed E-state index contributed by atoms with van der Waals surface area (Å²) in [5, 5.41) is 20.6. The Bertz CT molecular complexity index is 661. The number of ether oxygens (including phenoxy) is 1. The van der Waals surface area contributed by atoms with E-state index in [-0.39, 0.29) is 11.3 Å². The summed E-state index contributed by atoms with van der Waals surface area (Å²) >= 11 is 0. The van der Waals surface area contributed by atoms with Crippen molar-refractivity contribution in [3.05, 3.63) is 35.4 Å². The summed E-state index contributed by atoms with van der Waals surface area (Å²) in [4.78, 5) is 11.3. The number of unbranched alkanes of at least 4 members (excludes halogenated alkanes) is 1. The molecule has 0 aromatic heterocycles. The van der Waals surface area contributed by atoms with E-state index in [2.05, 4.69) is 6.92 Å². The standard InChI is InChI=1S/C17H20O4/c1-3-5-8-21-15-10-14(17(19)20)16(18)12-7-6-11(4-2)9-13(12)15/h6-7,9-10,18H,3-5,8H2,1-2H3,(H,19,20). The molecule has 0 radical (unpaired) electrons. The number of carboxylic acids is 1. The van der Waals surface area contributed by atoms with Gasteiger partial charge in [-0.2, -0.15) is 0 Å². The van der Waals surface area contributed by atoms with Crippen molar-refractivity contribution in [2.75, 3.05) is 6.61 Å². The van der Waals surface area contributed by atoms with E-state index in [0.29, 0.717) is 17.7 Å². The monoisotopic (exact) mass is 288 g/mol. The van der Waals surface area contributed by atoms with Crippen molar-refractivity contribution in [1.29, 1.82) is 0 Å². The van der Waals surface area contributed by atoms with Gasteiger partial charge in [0.25, 0.3) is 0 Å². The Morgan fingerprint density at radius 2 is 1.95 bits per heavy atom. The molecule has 0 atom stereocenters. The van der Waals surface area contributed by atoms with Crippen molar-refractivity contribution >= 4 is 16.7 Å². The maximum atomic E-state index is 11.3. The maximum Gasteiger partial charge on any atom is 0.339 e. The van der Waals surface area contributed by atoms with E-state index in [1.165, 1.54) is 6.07 Å². The maximum absolute atomic E-state index is 11.3. The Kier molecular flexibility index (Phi) is 4.68. The van der Waals surface area contributed by atoms with Gasteiger partial charge in [-0.1, -0.05) is 32.4 Å². The lowest BCUT2D eigenvalue weighted by Crippen LogP contribution is -2.02. The fourth-order valence-electron chi connectivity index (χ4n) is 2.25. The van der Waals surface area contributed by atoms with Crippen LogP contribution in [-0.4, -0.2) is 22.8 Å². The summed E-state index contributed by atoms with van der Waals surface area (Å²) in [5.74, 6) is -0.846. The number of hydrogen-bond donors (Lipinski definition) is 2. The van der Waals surface area contributed by atoms with Gasteiger partial charge in [0.15, 0.2) is 0 Å². The van der Waals surface area contributed by atoms with Crippen LogP contribution in [0.5, 0.6) is 11.5 Å². The first-order chi connectivity index (χ1) is 10.1. The molecule has 2 N–H and O–H groups in total. The van der Waals surface area contributed by atoms with Crippen LogP contribution in [0.4, 0.5) is 0 Å². The van der Waals surface area contributed by atoms with Gasteiger partial charge in [-0.3, -0.25) is 0 Å². The SMILES string of the molecule is CCCCOc1cc(C(=O)O)c(O)c2ccc(CC)cc12. The molecule has 0 heterocycles. The molecule has 112 valence electrons. The molecular formula is C17H20O4. The van der Waals surface area contributed by atoms with Crippen LogP contribution in [0.1, 0.15) is 42.6 Å². The van der Waals surface area contributed by atoms with Gasteiger partial charge in [-0.15, -0.1) is 0 Å². The topological polar surface area (TPSA) is 66.8 Å². The molecule has 2 aromatic rings. The zero-order valence-electron chi connectivity index (χ0n) is 12.3. The second kappa shape index (κ2) is 6.48. The Morgan fingerprint density at radius 3 is 2.57 bits per heavy atom. The average Bonchev–Trinajstić information content (AvgIpc) is 2.49. The van der Waals surface area contributed by atoms with E-state index in [9.17, 15) is 15.0 Å². The summed E-state index contributed by atoms with van der Waals surface area (Å²) < 4.78 is 5.73. The second-order valence-electron chi connectivity index (χ2n) is 5.01. The third kappa shape index (κ3) is 3.10. The molecule has 4 nitrogen and oxygen atoms in total. The zero-order chi connectivity index (χ0) is 15.4. The van der Waals surface area contributed by atoms with E-state index >= 15 is 0 Å². The highest BCUT2D eigenvalue weighted by Gasteiger charge is 2.17. The van der Waals surface area contributed by atoms with Crippen LogP contribution in [0.3, 0.4) is 0 Å². The lowest BCUT2D eigenvalue weighted by atomic mass is 10.0. The van der Waals surface area contributed by atoms with Gasteiger partial charge < -0.3 is 14.9 Å². The predicted octanol–water partition coefficient (Wildman–Crippen LogP) is 3.98. The van der Waals surface area contributed by atoms with Crippen molar-refractivity contribution in [3.8, 4) is 11.5 Å². The fourth-order valence-corrected chi connectivity index (χ4v) is 2.25. The molecular weight excluding hydrogens is 268 g/mol.